The van der Waals surface area contributed by atoms with Crippen molar-refractivity contribution in [2.75, 3.05) is 0 Å². The largest absolute Gasteiger partial charge is 0.459 e. The van der Waals surface area contributed by atoms with Crippen molar-refractivity contribution in [3.05, 3.63) is 70.7 Å². The third-order valence-electron chi connectivity index (χ3n) is 5.35. The second-order valence-electron chi connectivity index (χ2n) is 9.43. The highest BCUT2D eigenvalue weighted by Crippen LogP contribution is 2.33. The Kier molecular flexibility index (Phi) is 8.03. The number of carbonyl (C=O) groups is 3. The Hall–Kier alpha value is -4.09. The predicted octanol–water partition coefficient (Wildman–Crippen LogP) is 6.05. The number of esters is 1. The molecule has 0 spiro atoms. The number of benzene rings is 2. The molecule has 0 aliphatic rings. The van der Waals surface area contributed by atoms with Crippen LogP contribution in [0.1, 0.15) is 67.7 Å². The standard InChI is InChI=1S/C26H23F5N2O5/c1-12(32-38-25(36)18-19(27)21(29)23(31)22(30)20(18)28)10-15(24(35)37-26(3,4)5)16-11-33(13(2)34)17-9-7-6-8-14(16)17/h6-9,11,15H,10H2,1-5H3/b32-12+. The van der Waals surface area contributed by atoms with Gasteiger partial charge < -0.3 is 9.57 Å². The summed E-state index contributed by atoms with van der Waals surface area (Å²) in [6.45, 7) is 7.59. The first-order valence-electron chi connectivity index (χ1n) is 11.2. The van der Waals surface area contributed by atoms with Gasteiger partial charge in [0.2, 0.25) is 11.7 Å². The number of nitrogens with zero attached hydrogens (tertiary/aromatic N) is 2. The maximum absolute atomic E-state index is 13.9. The van der Waals surface area contributed by atoms with Gasteiger partial charge in [0.15, 0.2) is 23.3 Å². The molecular weight excluding hydrogens is 515 g/mol. The lowest BCUT2D eigenvalue weighted by Gasteiger charge is -2.24. The molecule has 0 aliphatic heterocycles. The first-order valence-corrected chi connectivity index (χ1v) is 11.2. The smallest absolute Gasteiger partial charge is 0.371 e. The minimum Gasteiger partial charge on any atom is -0.459 e. The van der Waals surface area contributed by atoms with Crippen molar-refractivity contribution in [1.82, 2.24) is 4.57 Å². The number of carbonyl (C=O) groups excluding carboxylic acids is 3. The molecule has 0 fully saturated rings. The molecule has 38 heavy (non-hydrogen) atoms. The van der Waals surface area contributed by atoms with Crippen LogP contribution < -0.4 is 0 Å². The average Bonchev–Trinajstić information content (AvgIpc) is 3.22. The van der Waals surface area contributed by atoms with Crippen molar-refractivity contribution < 1.29 is 45.9 Å². The lowest BCUT2D eigenvalue weighted by atomic mass is 9.93. The van der Waals surface area contributed by atoms with E-state index in [0.29, 0.717) is 16.5 Å². The van der Waals surface area contributed by atoms with Gasteiger partial charge in [-0.2, -0.15) is 0 Å². The number of fused-ring (bicyclic) bond motifs is 1. The normalized spacial score (nSPS) is 12.9. The van der Waals surface area contributed by atoms with Gasteiger partial charge in [-0.1, -0.05) is 23.4 Å². The number of halogens is 5. The molecule has 2 aromatic carbocycles. The average molecular weight is 538 g/mol. The van der Waals surface area contributed by atoms with Crippen LogP contribution in [0.15, 0.2) is 35.6 Å². The first kappa shape index (κ1) is 28.5. The Bertz CT molecular complexity index is 1440. The number of hydrogen-bond acceptors (Lipinski definition) is 6. The summed E-state index contributed by atoms with van der Waals surface area (Å²) in [7, 11) is 0. The van der Waals surface area contributed by atoms with E-state index in [1.54, 1.807) is 45.0 Å². The van der Waals surface area contributed by atoms with Gasteiger partial charge in [0.1, 0.15) is 11.2 Å². The van der Waals surface area contributed by atoms with Crippen LogP contribution in [0, 0.1) is 29.1 Å². The van der Waals surface area contributed by atoms with E-state index in [1.165, 1.54) is 24.6 Å². The molecule has 0 saturated heterocycles. The van der Waals surface area contributed by atoms with E-state index in [9.17, 15) is 36.3 Å². The zero-order chi connectivity index (χ0) is 28.5. The van der Waals surface area contributed by atoms with Crippen LogP contribution >= 0.6 is 0 Å². The van der Waals surface area contributed by atoms with Crippen molar-refractivity contribution in [3.8, 4) is 0 Å². The number of aromatic nitrogens is 1. The summed E-state index contributed by atoms with van der Waals surface area (Å²) >= 11 is 0. The molecule has 1 atom stereocenters. The minimum atomic E-state index is -2.43. The second-order valence-corrected chi connectivity index (χ2v) is 9.43. The Labute approximate surface area is 213 Å². The highest BCUT2D eigenvalue weighted by molar-refractivity contribution is 5.98. The van der Waals surface area contributed by atoms with Crippen molar-refractivity contribution in [3.63, 3.8) is 0 Å². The van der Waals surface area contributed by atoms with Gasteiger partial charge in [-0.25, -0.2) is 26.7 Å². The van der Waals surface area contributed by atoms with E-state index < -0.39 is 58.1 Å². The van der Waals surface area contributed by atoms with Crippen LogP contribution in [-0.2, 0) is 14.4 Å². The first-order chi connectivity index (χ1) is 17.6. The van der Waals surface area contributed by atoms with Crippen molar-refractivity contribution in [2.45, 2.75) is 52.6 Å². The lowest BCUT2D eigenvalue weighted by Crippen LogP contribution is -2.28. The SMILES string of the molecule is CC(=O)n1cc(C(C/C(C)=N/OC(=O)c2c(F)c(F)c(F)c(F)c2F)C(=O)OC(C)(C)C)c2ccccc21. The van der Waals surface area contributed by atoms with Gasteiger partial charge >= 0.3 is 11.9 Å². The summed E-state index contributed by atoms with van der Waals surface area (Å²) in [6, 6.07) is 6.78. The van der Waals surface area contributed by atoms with Crippen molar-refractivity contribution in [2.24, 2.45) is 5.16 Å². The topological polar surface area (TPSA) is 87.0 Å². The van der Waals surface area contributed by atoms with Crippen LogP contribution in [0.5, 0.6) is 0 Å². The quantitative estimate of drug-likeness (QED) is 0.0726. The number of rotatable bonds is 6. The maximum Gasteiger partial charge on any atom is 0.371 e. The molecule has 0 bridgehead atoms. The molecule has 3 aromatic rings. The molecule has 0 amide bonds. The summed E-state index contributed by atoms with van der Waals surface area (Å²) < 4.78 is 74.9. The molecule has 202 valence electrons. The van der Waals surface area contributed by atoms with Crippen LogP contribution in [-0.4, -0.2) is 33.7 Å². The van der Waals surface area contributed by atoms with Crippen LogP contribution in [0.2, 0.25) is 0 Å². The van der Waals surface area contributed by atoms with E-state index in [0.717, 1.165) is 0 Å². The van der Waals surface area contributed by atoms with Gasteiger partial charge in [-0.15, -0.1) is 0 Å². The third kappa shape index (κ3) is 5.74. The molecule has 3 rings (SSSR count). The molecule has 0 aliphatic carbocycles. The zero-order valence-corrected chi connectivity index (χ0v) is 21.0. The summed E-state index contributed by atoms with van der Waals surface area (Å²) in [5.41, 5.74) is -1.84. The van der Waals surface area contributed by atoms with E-state index in [2.05, 4.69) is 9.99 Å². The summed E-state index contributed by atoms with van der Waals surface area (Å²) in [4.78, 5) is 41.9. The highest BCUT2D eigenvalue weighted by Gasteiger charge is 2.32. The molecule has 1 heterocycles. The molecule has 0 N–H and O–H groups in total. The predicted molar refractivity (Wildman–Crippen MR) is 126 cm³/mol. The Morgan fingerprint density at radius 1 is 0.921 bits per heavy atom. The molecule has 12 heteroatoms. The number of para-hydroxylation sites is 1. The fourth-order valence-corrected chi connectivity index (χ4v) is 3.72. The third-order valence-corrected chi connectivity index (χ3v) is 5.35. The van der Waals surface area contributed by atoms with Crippen molar-refractivity contribution in [1.29, 1.82) is 0 Å². The van der Waals surface area contributed by atoms with Crippen LogP contribution in [0.4, 0.5) is 22.0 Å². The molecule has 1 unspecified atom stereocenters. The highest BCUT2D eigenvalue weighted by atomic mass is 19.2. The van der Waals surface area contributed by atoms with Gasteiger partial charge in [-0.3, -0.25) is 14.2 Å². The maximum atomic E-state index is 13.9. The van der Waals surface area contributed by atoms with E-state index >= 15 is 0 Å². The Morgan fingerprint density at radius 2 is 1.47 bits per heavy atom. The van der Waals surface area contributed by atoms with E-state index in [4.69, 9.17) is 4.74 Å². The molecule has 7 nitrogen and oxygen atoms in total. The summed E-state index contributed by atoms with van der Waals surface area (Å²) in [5.74, 6) is -15.8. The molecule has 0 radical (unpaired) electrons. The fraction of sp³-hybridized carbons (Fsp3) is 0.308. The fourth-order valence-electron chi connectivity index (χ4n) is 3.72. The number of hydrogen-bond donors (Lipinski definition) is 0. The summed E-state index contributed by atoms with van der Waals surface area (Å²) in [6.07, 6.45) is 1.22. The number of ether oxygens (including phenoxy) is 1. The zero-order valence-electron chi connectivity index (χ0n) is 21.0. The molecule has 1 aromatic heterocycles. The second kappa shape index (κ2) is 10.7. The minimum absolute atomic E-state index is 0.0577. The molecular formula is C26H23F5N2O5. The Morgan fingerprint density at radius 3 is 2.03 bits per heavy atom. The Balaban J connectivity index is 1.98. The van der Waals surface area contributed by atoms with Gasteiger partial charge in [0, 0.05) is 24.9 Å². The van der Waals surface area contributed by atoms with Gasteiger partial charge in [-0.05, 0) is 39.3 Å². The monoisotopic (exact) mass is 538 g/mol. The van der Waals surface area contributed by atoms with E-state index in [-0.39, 0.29) is 18.0 Å². The van der Waals surface area contributed by atoms with Crippen molar-refractivity contribution >= 4 is 34.5 Å². The molecule has 0 saturated carbocycles. The summed E-state index contributed by atoms with van der Waals surface area (Å²) in [5, 5.41) is 4.00. The number of oxime groups is 1. The van der Waals surface area contributed by atoms with Crippen LogP contribution in [0.3, 0.4) is 0 Å². The van der Waals surface area contributed by atoms with Gasteiger partial charge in [0.25, 0.3) is 0 Å². The van der Waals surface area contributed by atoms with Crippen LogP contribution in [0.25, 0.3) is 10.9 Å². The van der Waals surface area contributed by atoms with Gasteiger partial charge in [0.05, 0.1) is 17.1 Å². The van der Waals surface area contributed by atoms with E-state index in [1.807, 2.05) is 0 Å². The lowest BCUT2D eigenvalue weighted by molar-refractivity contribution is -0.156.